The fraction of sp³-hybridized carbons (Fsp3) is 0.600. The summed E-state index contributed by atoms with van der Waals surface area (Å²) in [7, 11) is -4.42. The predicted molar refractivity (Wildman–Crippen MR) is 230 cm³/mol. The summed E-state index contributed by atoms with van der Waals surface area (Å²) in [6, 6.07) is 0. The summed E-state index contributed by atoms with van der Waals surface area (Å²) in [4.78, 5) is 34.8. The smallest absolute Gasteiger partial charge is 0.462 e. The molecule has 0 saturated carbocycles. The number of unbranched alkanes of at least 4 members (excludes halogenated alkanes) is 8. The first kappa shape index (κ1) is 52.9. The summed E-state index contributed by atoms with van der Waals surface area (Å²) >= 11 is 0. The van der Waals surface area contributed by atoms with Gasteiger partial charge in [0.2, 0.25) is 0 Å². The van der Waals surface area contributed by atoms with Crippen molar-refractivity contribution in [1.29, 1.82) is 0 Å². The second kappa shape index (κ2) is 40.1. The number of rotatable bonds is 37. The molecule has 0 aliphatic rings. The van der Waals surface area contributed by atoms with Crippen molar-refractivity contribution in [1.82, 2.24) is 0 Å². The number of hydrogen-bond acceptors (Lipinski definition) is 9. The lowest BCUT2D eigenvalue weighted by Crippen LogP contribution is -2.29. The molecule has 0 radical (unpaired) electrons. The third-order valence-electron chi connectivity index (χ3n) is 8.02. The summed E-state index contributed by atoms with van der Waals surface area (Å²) in [5.41, 5.74) is 5.33. The summed E-state index contributed by atoms with van der Waals surface area (Å²) in [5, 5.41) is 10.0. The Morgan fingerprint density at radius 2 is 1.12 bits per heavy atom. The van der Waals surface area contributed by atoms with E-state index >= 15 is 0 Å². The van der Waals surface area contributed by atoms with E-state index in [9.17, 15) is 24.2 Å². The van der Waals surface area contributed by atoms with Gasteiger partial charge in [-0.25, -0.2) is 4.57 Å². The van der Waals surface area contributed by atoms with Gasteiger partial charge in [-0.3, -0.25) is 18.6 Å². The van der Waals surface area contributed by atoms with Crippen LogP contribution in [0.15, 0.2) is 97.2 Å². The summed E-state index contributed by atoms with van der Waals surface area (Å²) < 4.78 is 32.6. The van der Waals surface area contributed by atoms with Crippen molar-refractivity contribution in [2.24, 2.45) is 5.73 Å². The minimum absolute atomic E-state index is 0.0230. The molecule has 318 valence electrons. The fourth-order valence-electron chi connectivity index (χ4n) is 4.88. The number of hydrogen-bond donors (Lipinski definition) is 3. The van der Waals surface area contributed by atoms with Crippen molar-refractivity contribution in [2.75, 3.05) is 26.4 Å². The van der Waals surface area contributed by atoms with Crippen molar-refractivity contribution < 1.29 is 42.7 Å². The first-order chi connectivity index (χ1) is 27.2. The standard InChI is InChI=1S/C45H74NO9P/c1-3-5-7-9-11-12-13-14-15-16-17-18-19-20-25-29-33-37-45(49)55-43(41-54-56(50,51)53-39-38-46)40-52-44(48)36-32-28-24-22-21-23-27-31-35-42(47)34-30-26-10-8-6-4-2/h11-12,14-15,17-18,20,22-27,30-31,35,42-43,47H,3-10,13,16,19,21,28-29,32-34,36-41,46H2,1-2H3,(H,50,51)/b12-11-,15-14-,18-17-,24-22-,25-20-,27-23-,30-26-,35-31+/t42-,43-/m1/s1. The van der Waals surface area contributed by atoms with Gasteiger partial charge in [-0.2, -0.15) is 0 Å². The molecule has 0 saturated heterocycles. The van der Waals surface area contributed by atoms with E-state index in [2.05, 4.69) is 62.5 Å². The number of carbonyl (C=O) groups excluding carboxylic acids is 2. The molecule has 0 heterocycles. The van der Waals surface area contributed by atoms with E-state index in [4.69, 9.17) is 24.3 Å². The molecule has 0 amide bonds. The molecular weight excluding hydrogens is 729 g/mol. The largest absolute Gasteiger partial charge is 0.472 e. The molecule has 0 bridgehead atoms. The van der Waals surface area contributed by atoms with Crippen molar-refractivity contribution in [2.45, 2.75) is 148 Å². The molecule has 56 heavy (non-hydrogen) atoms. The Morgan fingerprint density at radius 1 is 0.625 bits per heavy atom. The molecule has 0 spiro atoms. The van der Waals surface area contributed by atoms with Crippen LogP contribution in [0.1, 0.15) is 136 Å². The van der Waals surface area contributed by atoms with Crippen molar-refractivity contribution in [3.63, 3.8) is 0 Å². The lowest BCUT2D eigenvalue weighted by Gasteiger charge is -2.19. The Morgan fingerprint density at radius 3 is 1.68 bits per heavy atom. The van der Waals surface area contributed by atoms with E-state index in [1.54, 1.807) is 6.08 Å². The van der Waals surface area contributed by atoms with E-state index in [0.717, 1.165) is 38.5 Å². The van der Waals surface area contributed by atoms with Gasteiger partial charge in [0.25, 0.3) is 0 Å². The van der Waals surface area contributed by atoms with E-state index in [0.29, 0.717) is 32.1 Å². The van der Waals surface area contributed by atoms with Crippen molar-refractivity contribution in [3.8, 4) is 0 Å². The molecule has 0 fully saturated rings. The summed E-state index contributed by atoms with van der Waals surface area (Å²) in [5.74, 6) is -1.01. The Kier molecular flexibility index (Phi) is 37.9. The van der Waals surface area contributed by atoms with Crippen LogP contribution in [-0.2, 0) is 32.7 Å². The van der Waals surface area contributed by atoms with Gasteiger partial charge >= 0.3 is 19.8 Å². The van der Waals surface area contributed by atoms with Gasteiger partial charge in [0.15, 0.2) is 6.10 Å². The summed E-state index contributed by atoms with van der Waals surface area (Å²) in [6.45, 7) is 3.42. The Hall–Kier alpha value is -3.11. The molecule has 4 N–H and O–H groups in total. The van der Waals surface area contributed by atoms with Crippen LogP contribution in [0.3, 0.4) is 0 Å². The van der Waals surface area contributed by atoms with Gasteiger partial charge in [-0.15, -0.1) is 0 Å². The maximum absolute atomic E-state index is 12.5. The number of allylic oxidation sites excluding steroid dienone is 14. The molecule has 0 rings (SSSR count). The fourth-order valence-corrected chi connectivity index (χ4v) is 5.64. The number of nitrogens with two attached hydrogens (primary N) is 1. The third-order valence-corrected chi connectivity index (χ3v) is 9.01. The molecule has 0 aromatic heterocycles. The minimum atomic E-state index is -4.42. The first-order valence-electron chi connectivity index (χ1n) is 20.8. The third kappa shape index (κ3) is 39.1. The molecule has 1 unspecified atom stereocenters. The molecule has 11 heteroatoms. The second-order valence-corrected chi connectivity index (χ2v) is 14.8. The zero-order valence-electron chi connectivity index (χ0n) is 34.4. The number of aliphatic hydroxyl groups is 1. The number of ether oxygens (including phenoxy) is 2. The van der Waals surface area contributed by atoms with Crippen LogP contribution in [0, 0.1) is 0 Å². The Labute approximate surface area is 339 Å². The Balaban J connectivity index is 4.46. The maximum atomic E-state index is 12.5. The molecule has 10 nitrogen and oxygen atoms in total. The molecule has 3 atom stereocenters. The van der Waals surface area contributed by atoms with E-state index in [1.807, 2.05) is 42.5 Å². The van der Waals surface area contributed by atoms with Crippen LogP contribution in [-0.4, -0.2) is 60.5 Å². The number of aliphatic hydroxyl groups excluding tert-OH is 1. The lowest BCUT2D eigenvalue weighted by molar-refractivity contribution is -0.161. The zero-order valence-corrected chi connectivity index (χ0v) is 35.3. The maximum Gasteiger partial charge on any atom is 0.472 e. The highest BCUT2D eigenvalue weighted by Gasteiger charge is 2.25. The highest BCUT2D eigenvalue weighted by atomic mass is 31.2. The topological polar surface area (TPSA) is 155 Å². The highest BCUT2D eigenvalue weighted by molar-refractivity contribution is 7.47. The highest BCUT2D eigenvalue weighted by Crippen LogP contribution is 2.43. The molecule has 0 aliphatic carbocycles. The normalized spacial score (nSPS) is 14.9. The van der Waals surface area contributed by atoms with Crippen LogP contribution in [0.4, 0.5) is 0 Å². The van der Waals surface area contributed by atoms with Gasteiger partial charge < -0.3 is 25.2 Å². The van der Waals surface area contributed by atoms with Crippen LogP contribution in [0.5, 0.6) is 0 Å². The quantitative estimate of drug-likeness (QED) is 0.0182. The van der Waals surface area contributed by atoms with E-state index in [-0.39, 0.29) is 32.6 Å². The second-order valence-electron chi connectivity index (χ2n) is 13.3. The zero-order chi connectivity index (χ0) is 41.2. The van der Waals surface area contributed by atoms with Crippen LogP contribution in [0.2, 0.25) is 0 Å². The van der Waals surface area contributed by atoms with Gasteiger partial charge in [-0.05, 0) is 83.5 Å². The van der Waals surface area contributed by atoms with Crippen LogP contribution in [0.25, 0.3) is 0 Å². The van der Waals surface area contributed by atoms with Crippen LogP contribution < -0.4 is 5.73 Å². The van der Waals surface area contributed by atoms with Crippen molar-refractivity contribution >= 4 is 19.8 Å². The van der Waals surface area contributed by atoms with Gasteiger partial charge in [-0.1, -0.05) is 137 Å². The molecule has 0 aliphatic heterocycles. The SMILES string of the molecule is CCCCC/C=C\C/C=C\C/C=C\C/C=C\CCCC(=O)O[C@H](COC(=O)CCC/C=C\C/C=C\C=C\[C@H](O)C/C=C\CCCCC)COP(=O)(O)OCCN. The van der Waals surface area contributed by atoms with Gasteiger partial charge in [0.05, 0.1) is 19.3 Å². The van der Waals surface area contributed by atoms with Gasteiger partial charge in [0, 0.05) is 19.4 Å². The number of phosphoric ester groups is 1. The minimum Gasteiger partial charge on any atom is -0.462 e. The number of phosphoric acid groups is 1. The summed E-state index contributed by atoms with van der Waals surface area (Å²) in [6.07, 6.45) is 47.6. The van der Waals surface area contributed by atoms with E-state index < -0.39 is 38.6 Å². The lowest BCUT2D eigenvalue weighted by atomic mass is 10.1. The Bertz CT molecular complexity index is 1250. The average Bonchev–Trinajstić information content (AvgIpc) is 3.18. The van der Waals surface area contributed by atoms with Crippen LogP contribution >= 0.6 is 7.82 Å². The van der Waals surface area contributed by atoms with Crippen molar-refractivity contribution in [3.05, 3.63) is 97.2 Å². The number of esters is 2. The average molecular weight is 804 g/mol. The number of carbonyl (C=O) groups is 2. The van der Waals surface area contributed by atoms with Gasteiger partial charge in [0.1, 0.15) is 6.61 Å². The molecule has 0 aromatic rings. The predicted octanol–water partition coefficient (Wildman–Crippen LogP) is 10.8. The van der Waals surface area contributed by atoms with E-state index in [1.165, 1.54) is 38.5 Å². The monoisotopic (exact) mass is 804 g/mol. The first-order valence-corrected chi connectivity index (χ1v) is 22.3. The molecule has 0 aromatic carbocycles. The molecular formula is C45H74NO9P.